The van der Waals surface area contributed by atoms with E-state index < -0.39 is 23.6 Å². The van der Waals surface area contributed by atoms with Gasteiger partial charge in [-0.15, -0.1) is 24.8 Å². The summed E-state index contributed by atoms with van der Waals surface area (Å²) in [5.41, 5.74) is -0.603. The number of hydrogen-bond acceptors (Lipinski definition) is 2. The maximum absolute atomic E-state index is 13.9. The van der Waals surface area contributed by atoms with Crippen molar-refractivity contribution in [3.05, 3.63) is 33.6 Å². The highest BCUT2D eigenvalue weighted by Gasteiger charge is 2.47. The molecule has 0 amide bonds. The molecular weight excluding hydrogens is 390 g/mol. The molecule has 0 aromatic heterocycles. The van der Waals surface area contributed by atoms with Crippen molar-refractivity contribution in [2.45, 2.75) is 12.2 Å². The fraction of sp³-hybridized carbons (Fsp3) is 0.500. The van der Waals surface area contributed by atoms with Crippen molar-refractivity contribution in [1.29, 1.82) is 0 Å². The van der Waals surface area contributed by atoms with Crippen LogP contribution in [0.4, 0.5) is 17.6 Å². The minimum atomic E-state index is -4.63. The summed E-state index contributed by atoms with van der Waals surface area (Å²) in [5.74, 6) is -1.000. The lowest BCUT2D eigenvalue weighted by molar-refractivity contribution is -0.188. The molecule has 22 heavy (non-hydrogen) atoms. The number of nitrogens with one attached hydrogen (secondary N) is 1. The molecule has 1 N–H and O–H groups in total. The van der Waals surface area contributed by atoms with Gasteiger partial charge in [-0.1, -0.05) is 23.2 Å². The number of rotatable bonds is 2. The van der Waals surface area contributed by atoms with Crippen LogP contribution in [0.1, 0.15) is 11.6 Å². The maximum atomic E-state index is 13.9. The van der Waals surface area contributed by atoms with Gasteiger partial charge in [0.2, 0.25) is 0 Å². The highest BCUT2D eigenvalue weighted by Crippen LogP contribution is 2.43. The Bertz CT molecular complexity index is 493. The van der Waals surface area contributed by atoms with Crippen LogP contribution in [0, 0.1) is 5.82 Å². The number of nitrogens with zero attached hydrogens (tertiary/aromatic N) is 1. The summed E-state index contributed by atoms with van der Waals surface area (Å²) >= 11 is 11.5. The van der Waals surface area contributed by atoms with E-state index in [1.54, 1.807) is 0 Å². The zero-order valence-electron chi connectivity index (χ0n) is 11.1. The SMILES string of the molecule is Cl.Cl.Fc1ccc(Cl)c(Cl)c1[C@H](N1CCNCC1)C(F)(F)F. The number of piperazine rings is 1. The Morgan fingerprint density at radius 1 is 1.09 bits per heavy atom. The summed E-state index contributed by atoms with van der Waals surface area (Å²) in [6.45, 7) is 1.14. The fourth-order valence-electron chi connectivity index (χ4n) is 2.29. The van der Waals surface area contributed by atoms with Gasteiger partial charge >= 0.3 is 6.18 Å². The zero-order valence-corrected chi connectivity index (χ0v) is 14.2. The average Bonchev–Trinajstić information content (AvgIpc) is 2.39. The quantitative estimate of drug-likeness (QED) is 0.578. The van der Waals surface area contributed by atoms with Crippen molar-refractivity contribution in [1.82, 2.24) is 10.2 Å². The zero-order chi connectivity index (χ0) is 14.9. The van der Waals surface area contributed by atoms with Gasteiger partial charge in [0.05, 0.1) is 10.0 Å². The number of hydrogen-bond donors (Lipinski definition) is 1. The second kappa shape index (κ2) is 8.76. The van der Waals surface area contributed by atoms with Crippen molar-refractivity contribution < 1.29 is 17.6 Å². The first-order valence-electron chi connectivity index (χ1n) is 5.97. The maximum Gasteiger partial charge on any atom is 0.408 e. The van der Waals surface area contributed by atoms with Gasteiger partial charge in [-0.25, -0.2) is 4.39 Å². The molecule has 0 radical (unpaired) electrons. The minimum absolute atomic E-state index is 0. The molecule has 1 heterocycles. The van der Waals surface area contributed by atoms with E-state index in [0.717, 1.165) is 17.0 Å². The lowest BCUT2D eigenvalue weighted by Gasteiger charge is -2.36. The Kier molecular flexibility index (Phi) is 8.76. The van der Waals surface area contributed by atoms with Crippen LogP contribution >= 0.6 is 48.0 Å². The highest BCUT2D eigenvalue weighted by molar-refractivity contribution is 6.42. The Balaban J connectivity index is 0.00000220. The molecule has 0 aliphatic carbocycles. The van der Waals surface area contributed by atoms with Crippen LogP contribution in [0.25, 0.3) is 0 Å². The molecular formula is C12H14Cl4F4N2. The first-order valence-corrected chi connectivity index (χ1v) is 6.73. The van der Waals surface area contributed by atoms with E-state index >= 15 is 0 Å². The summed E-state index contributed by atoms with van der Waals surface area (Å²) in [6.07, 6.45) is -4.63. The van der Waals surface area contributed by atoms with Gasteiger partial charge < -0.3 is 5.32 Å². The Labute approximate surface area is 147 Å². The minimum Gasteiger partial charge on any atom is -0.314 e. The number of benzene rings is 1. The largest absolute Gasteiger partial charge is 0.408 e. The molecule has 1 fully saturated rings. The Hall–Kier alpha value is 0.0200. The average molecular weight is 404 g/mol. The molecule has 2 rings (SSSR count). The second-order valence-electron chi connectivity index (χ2n) is 4.49. The molecule has 128 valence electrons. The van der Waals surface area contributed by atoms with Crippen molar-refractivity contribution in [3.8, 4) is 0 Å². The van der Waals surface area contributed by atoms with E-state index in [9.17, 15) is 17.6 Å². The molecule has 2 nitrogen and oxygen atoms in total. The van der Waals surface area contributed by atoms with Crippen LogP contribution in [-0.4, -0.2) is 37.3 Å². The fourth-order valence-corrected chi connectivity index (χ4v) is 2.71. The molecule has 1 aromatic rings. The van der Waals surface area contributed by atoms with Crippen LogP contribution in [0.15, 0.2) is 12.1 Å². The topological polar surface area (TPSA) is 15.3 Å². The van der Waals surface area contributed by atoms with Crippen molar-refractivity contribution in [3.63, 3.8) is 0 Å². The van der Waals surface area contributed by atoms with Gasteiger partial charge in [0.25, 0.3) is 0 Å². The van der Waals surface area contributed by atoms with Crippen molar-refractivity contribution >= 4 is 48.0 Å². The van der Waals surface area contributed by atoms with Gasteiger partial charge in [-0.05, 0) is 12.1 Å². The normalized spacial score (nSPS) is 17.4. The molecule has 0 unspecified atom stereocenters. The highest BCUT2D eigenvalue weighted by atomic mass is 35.5. The van der Waals surface area contributed by atoms with E-state index in [0.29, 0.717) is 13.1 Å². The van der Waals surface area contributed by atoms with Crippen molar-refractivity contribution in [2.24, 2.45) is 0 Å². The predicted octanol–water partition coefficient (Wildman–Crippen LogP) is 4.48. The first-order chi connectivity index (χ1) is 9.32. The molecule has 1 aliphatic rings. The van der Waals surface area contributed by atoms with Crippen LogP contribution < -0.4 is 5.32 Å². The van der Waals surface area contributed by atoms with Crippen LogP contribution in [0.5, 0.6) is 0 Å². The standard InChI is InChI=1S/C12H12Cl2F4N2.2ClH/c13-7-1-2-8(15)9(10(7)14)11(12(16,17)18)20-5-3-19-4-6-20;;/h1-2,11,19H,3-6H2;2*1H/t11-;;/m0../s1. The van der Waals surface area contributed by atoms with Gasteiger partial charge in [-0.2, -0.15) is 13.2 Å². The van der Waals surface area contributed by atoms with E-state index in [1.807, 2.05) is 0 Å². The van der Waals surface area contributed by atoms with Crippen molar-refractivity contribution in [2.75, 3.05) is 26.2 Å². The summed E-state index contributed by atoms with van der Waals surface area (Å²) in [4.78, 5) is 1.16. The summed E-state index contributed by atoms with van der Waals surface area (Å²) in [5, 5.41) is 2.48. The Morgan fingerprint density at radius 2 is 1.64 bits per heavy atom. The monoisotopic (exact) mass is 402 g/mol. The molecule has 1 aromatic carbocycles. The van der Waals surface area contributed by atoms with E-state index in [2.05, 4.69) is 5.32 Å². The third-order valence-corrected chi connectivity index (χ3v) is 4.00. The van der Waals surface area contributed by atoms with Gasteiger partial charge in [0.15, 0.2) is 0 Å². The lowest BCUT2D eigenvalue weighted by Crippen LogP contribution is -2.49. The van der Waals surface area contributed by atoms with E-state index in [-0.39, 0.29) is 47.9 Å². The van der Waals surface area contributed by atoms with Gasteiger partial charge in [0, 0.05) is 31.7 Å². The summed E-state index contributed by atoms with van der Waals surface area (Å²) in [6, 6.07) is -0.0333. The lowest BCUT2D eigenvalue weighted by atomic mass is 10.0. The molecule has 0 bridgehead atoms. The molecule has 10 heteroatoms. The first kappa shape index (κ1) is 22.0. The molecule has 0 saturated carbocycles. The van der Waals surface area contributed by atoms with E-state index in [4.69, 9.17) is 23.2 Å². The smallest absolute Gasteiger partial charge is 0.314 e. The second-order valence-corrected chi connectivity index (χ2v) is 5.27. The predicted molar refractivity (Wildman–Crippen MR) is 84.2 cm³/mol. The van der Waals surface area contributed by atoms with Crippen LogP contribution in [-0.2, 0) is 0 Å². The third-order valence-electron chi connectivity index (χ3n) is 3.18. The van der Waals surface area contributed by atoms with Gasteiger partial charge in [0.1, 0.15) is 11.9 Å². The van der Waals surface area contributed by atoms with Crippen LogP contribution in [0.3, 0.4) is 0 Å². The molecule has 0 spiro atoms. The molecule has 1 aliphatic heterocycles. The molecule has 1 saturated heterocycles. The van der Waals surface area contributed by atoms with E-state index in [1.165, 1.54) is 0 Å². The third kappa shape index (κ3) is 4.76. The number of alkyl halides is 3. The summed E-state index contributed by atoms with van der Waals surface area (Å²) < 4.78 is 53.9. The van der Waals surface area contributed by atoms with Gasteiger partial charge in [-0.3, -0.25) is 4.90 Å². The Morgan fingerprint density at radius 3 is 2.14 bits per heavy atom. The number of halogens is 8. The summed E-state index contributed by atoms with van der Waals surface area (Å²) in [7, 11) is 0. The molecule has 1 atom stereocenters. The van der Waals surface area contributed by atoms with Crippen LogP contribution in [0.2, 0.25) is 10.0 Å².